The van der Waals surface area contributed by atoms with E-state index in [0.717, 1.165) is 17.3 Å². The average molecular weight is 282 g/mol. The number of aryl methyl sites for hydroxylation is 1. The van der Waals surface area contributed by atoms with Crippen LogP contribution in [-0.2, 0) is 11.2 Å². The third kappa shape index (κ3) is 2.70. The van der Waals surface area contributed by atoms with Gasteiger partial charge in [0, 0.05) is 12.1 Å². The van der Waals surface area contributed by atoms with E-state index in [2.05, 4.69) is 5.32 Å². The van der Waals surface area contributed by atoms with Crippen LogP contribution in [0.2, 0.25) is 0 Å². The number of benzene rings is 2. The predicted octanol–water partition coefficient (Wildman–Crippen LogP) is 3.37. The van der Waals surface area contributed by atoms with Gasteiger partial charge in [0.15, 0.2) is 11.6 Å². The second kappa shape index (κ2) is 5.25. The van der Waals surface area contributed by atoms with Gasteiger partial charge in [-0.3, -0.25) is 4.79 Å². The number of hydrogen-bond donors (Lipinski definition) is 1. The van der Waals surface area contributed by atoms with E-state index in [1.807, 2.05) is 6.07 Å². The molecule has 0 spiro atoms. The minimum atomic E-state index is -0.583. The van der Waals surface area contributed by atoms with Crippen LogP contribution >= 0.6 is 0 Å². The smallest absolute Gasteiger partial charge is 0.224 e. The Morgan fingerprint density at radius 3 is 2.81 bits per heavy atom. The zero-order valence-corrected chi connectivity index (χ0v) is 11.0. The molecule has 0 radical (unpaired) electrons. The Morgan fingerprint density at radius 1 is 1.19 bits per heavy atom. The second-order valence-corrected chi connectivity index (χ2v) is 4.73. The van der Waals surface area contributed by atoms with Crippen LogP contribution in [0.3, 0.4) is 0 Å². The van der Waals surface area contributed by atoms with Crippen LogP contribution in [-0.4, -0.2) is 5.91 Å². The van der Waals surface area contributed by atoms with Crippen molar-refractivity contribution in [2.24, 2.45) is 0 Å². The fraction of sp³-hybridized carbons (Fsp3) is 0.125. The Bertz CT molecular complexity index is 765. The first-order valence-electron chi connectivity index (χ1n) is 6.46. The van der Waals surface area contributed by atoms with Gasteiger partial charge in [0.1, 0.15) is 5.75 Å². The van der Waals surface area contributed by atoms with Crippen LogP contribution in [0, 0.1) is 17.1 Å². The molecule has 0 bridgehead atoms. The van der Waals surface area contributed by atoms with E-state index in [-0.39, 0.29) is 17.2 Å². The maximum Gasteiger partial charge on any atom is 0.224 e. The molecule has 0 fully saturated rings. The van der Waals surface area contributed by atoms with Crippen molar-refractivity contribution >= 4 is 11.6 Å². The Hall–Kier alpha value is -2.87. The maximum absolute atomic E-state index is 13.8. The van der Waals surface area contributed by atoms with Gasteiger partial charge < -0.3 is 10.1 Å². The lowest BCUT2D eigenvalue weighted by Gasteiger charge is -2.17. The van der Waals surface area contributed by atoms with E-state index in [1.54, 1.807) is 18.2 Å². The first-order valence-corrected chi connectivity index (χ1v) is 6.46. The molecule has 1 N–H and O–H groups in total. The summed E-state index contributed by atoms with van der Waals surface area (Å²) < 4.78 is 19.3. The lowest BCUT2D eigenvalue weighted by atomic mass is 10.0. The molecule has 1 heterocycles. The standard InChI is InChI=1S/C16H11FN2O2/c17-13-7-10(9-18)1-5-15(13)21-12-3-4-14-11(8-12)2-6-16(20)19-14/h1,3-5,7-8H,2,6H2,(H,19,20). The number of carbonyl (C=O) groups is 1. The second-order valence-electron chi connectivity index (χ2n) is 4.73. The highest BCUT2D eigenvalue weighted by Crippen LogP contribution is 2.30. The molecule has 1 aliphatic heterocycles. The van der Waals surface area contributed by atoms with Crippen molar-refractivity contribution in [2.75, 3.05) is 5.32 Å². The molecular formula is C16H11FN2O2. The first-order chi connectivity index (χ1) is 10.2. The molecule has 5 heteroatoms. The average Bonchev–Trinajstić information content (AvgIpc) is 2.49. The fourth-order valence-corrected chi connectivity index (χ4v) is 2.20. The Kier molecular flexibility index (Phi) is 3.28. The van der Waals surface area contributed by atoms with Crippen LogP contribution in [0.4, 0.5) is 10.1 Å². The molecule has 0 unspecified atom stereocenters. The van der Waals surface area contributed by atoms with E-state index < -0.39 is 5.82 Å². The SMILES string of the molecule is N#Cc1ccc(Oc2ccc3c(c2)CCC(=O)N3)c(F)c1. The Balaban J connectivity index is 1.86. The Labute approximate surface area is 120 Å². The molecule has 21 heavy (non-hydrogen) atoms. The van der Waals surface area contributed by atoms with Gasteiger partial charge >= 0.3 is 0 Å². The summed E-state index contributed by atoms with van der Waals surface area (Å²) in [7, 11) is 0. The molecule has 2 aromatic rings. The maximum atomic E-state index is 13.8. The number of rotatable bonds is 2. The highest BCUT2D eigenvalue weighted by Gasteiger charge is 2.15. The van der Waals surface area contributed by atoms with Crippen LogP contribution in [0.5, 0.6) is 11.5 Å². The van der Waals surface area contributed by atoms with Crippen molar-refractivity contribution in [3.8, 4) is 17.6 Å². The Morgan fingerprint density at radius 2 is 2.05 bits per heavy atom. The van der Waals surface area contributed by atoms with E-state index in [4.69, 9.17) is 10.00 Å². The lowest BCUT2D eigenvalue weighted by Crippen LogP contribution is -2.18. The van der Waals surface area contributed by atoms with Gasteiger partial charge in [0.2, 0.25) is 5.91 Å². The fourth-order valence-electron chi connectivity index (χ4n) is 2.20. The number of nitriles is 1. The van der Waals surface area contributed by atoms with Crippen molar-refractivity contribution in [3.05, 3.63) is 53.3 Å². The number of carbonyl (C=O) groups excluding carboxylic acids is 1. The van der Waals surface area contributed by atoms with Gasteiger partial charge in [-0.1, -0.05) is 0 Å². The van der Waals surface area contributed by atoms with Crippen LogP contribution < -0.4 is 10.1 Å². The predicted molar refractivity (Wildman–Crippen MR) is 74.6 cm³/mol. The van der Waals surface area contributed by atoms with E-state index >= 15 is 0 Å². The lowest BCUT2D eigenvalue weighted by molar-refractivity contribution is -0.116. The van der Waals surface area contributed by atoms with Gasteiger partial charge in [-0.15, -0.1) is 0 Å². The normalized spacial score (nSPS) is 13.0. The summed E-state index contributed by atoms with van der Waals surface area (Å²) in [6, 6.07) is 11.1. The highest BCUT2D eigenvalue weighted by atomic mass is 19.1. The van der Waals surface area contributed by atoms with Crippen molar-refractivity contribution in [1.82, 2.24) is 0 Å². The summed E-state index contributed by atoms with van der Waals surface area (Å²) in [6.45, 7) is 0. The van der Waals surface area contributed by atoms with Gasteiger partial charge in [-0.25, -0.2) is 4.39 Å². The minimum absolute atomic E-state index is 0.00527. The van der Waals surface area contributed by atoms with Crippen molar-refractivity contribution in [1.29, 1.82) is 5.26 Å². The van der Waals surface area contributed by atoms with E-state index in [9.17, 15) is 9.18 Å². The van der Waals surface area contributed by atoms with Crippen LogP contribution in [0.25, 0.3) is 0 Å². The number of anilines is 1. The van der Waals surface area contributed by atoms with Crippen LogP contribution in [0.15, 0.2) is 36.4 Å². The number of amides is 1. The molecule has 0 saturated heterocycles. The van der Waals surface area contributed by atoms with Gasteiger partial charge in [-0.2, -0.15) is 5.26 Å². The zero-order valence-electron chi connectivity index (χ0n) is 11.0. The summed E-state index contributed by atoms with van der Waals surface area (Å²) in [5, 5.41) is 11.5. The highest BCUT2D eigenvalue weighted by molar-refractivity contribution is 5.94. The van der Waals surface area contributed by atoms with Gasteiger partial charge in [0.25, 0.3) is 0 Å². The number of halogens is 1. The number of hydrogen-bond acceptors (Lipinski definition) is 3. The van der Waals surface area contributed by atoms with Crippen molar-refractivity contribution < 1.29 is 13.9 Å². The summed E-state index contributed by atoms with van der Waals surface area (Å²) >= 11 is 0. The van der Waals surface area contributed by atoms with Gasteiger partial charge in [0.05, 0.1) is 11.6 Å². The van der Waals surface area contributed by atoms with Crippen molar-refractivity contribution in [2.45, 2.75) is 12.8 Å². The monoisotopic (exact) mass is 282 g/mol. The number of fused-ring (bicyclic) bond motifs is 1. The molecule has 1 amide bonds. The summed E-state index contributed by atoms with van der Waals surface area (Å²) in [5.74, 6) is -0.0309. The zero-order chi connectivity index (χ0) is 14.8. The number of nitrogens with zero attached hydrogens (tertiary/aromatic N) is 1. The third-order valence-electron chi connectivity index (χ3n) is 3.26. The molecule has 0 aromatic heterocycles. The summed E-state index contributed by atoms with van der Waals surface area (Å²) in [4.78, 5) is 11.3. The summed E-state index contributed by atoms with van der Waals surface area (Å²) in [6.07, 6.45) is 1.07. The topological polar surface area (TPSA) is 62.1 Å². The number of ether oxygens (including phenoxy) is 1. The molecule has 2 aromatic carbocycles. The third-order valence-corrected chi connectivity index (χ3v) is 3.26. The summed E-state index contributed by atoms with van der Waals surface area (Å²) in [5.41, 5.74) is 1.97. The molecule has 0 saturated carbocycles. The first kappa shape index (κ1) is 13.1. The van der Waals surface area contributed by atoms with E-state index in [1.165, 1.54) is 12.1 Å². The van der Waals surface area contributed by atoms with Crippen molar-refractivity contribution in [3.63, 3.8) is 0 Å². The quantitative estimate of drug-likeness (QED) is 0.918. The molecule has 4 nitrogen and oxygen atoms in total. The molecule has 0 aliphatic carbocycles. The molecule has 3 rings (SSSR count). The minimum Gasteiger partial charge on any atom is -0.454 e. The molecule has 0 atom stereocenters. The number of nitrogens with one attached hydrogen (secondary N) is 1. The molecule has 1 aliphatic rings. The van der Waals surface area contributed by atoms with Crippen LogP contribution in [0.1, 0.15) is 17.5 Å². The molecular weight excluding hydrogens is 271 g/mol. The van der Waals surface area contributed by atoms with E-state index in [0.29, 0.717) is 18.6 Å². The molecule has 104 valence electrons. The largest absolute Gasteiger partial charge is 0.454 e. The van der Waals surface area contributed by atoms with Gasteiger partial charge in [-0.05, 0) is 48.4 Å².